The first-order chi connectivity index (χ1) is 8.82. The highest BCUT2D eigenvalue weighted by molar-refractivity contribution is 5.85. The maximum Gasteiger partial charge on any atom is 0.239 e. The molecule has 0 spiro atoms. The van der Waals surface area contributed by atoms with Gasteiger partial charge >= 0.3 is 0 Å². The van der Waals surface area contributed by atoms with Gasteiger partial charge < -0.3 is 20.7 Å². The van der Waals surface area contributed by atoms with Crippen molar-refractivity contribution in [3.05, 3.63) is 0 Å². The van der Waals surface area contributed by atoms with Gasteiger partial charge in [0.15, 0.2) is 0 Å². The van der Waals surface area contributed by atoms with Gasteiger partial charge in [0.2, 0.25) is 11.8 Å². The molecule has 1 fully saturated rings. The monoisotopic (exact) mass is 307 g/mol. The summed E-state index contributed by atoms with van der Waals surface area (Å²) in [5.41, 5.74) is -0.405. The number of halogens is 1. The lowest BCUT2D eigenvalue weighted by atomic mass is 9.96. The number of carbonyl (C=O) groups is 2. The van der Waals surface area contributed by atoms with Crippen LogP contribution in [0.3, 0.4) is 0 Å². The van der Waals surface area contributed by atoms with Crippen LogP contribution in [-0.4, -0.2) is 50.2 Å². The average molecular weight is 308 g/mol. The zero-order chi connectivity index (χ0) is 14.5. The van der Waals surface area contributed by atoms with E-state index in [0.717, 1.165) is 0 Å². The molecule has 3 N–H and O–H groups in total. The maximum atomic E-state index is 11.9. The van der Waals surface area contributed by atoms with Crippen molar-refractivity contribution in [1.29, 1.82) is 0 Å². The van der Waals surface area contributed by atoms with E-state index in [1.165, 1.54) is 0 Å². The van der Waals surface area contributed by atoms with Gasteiger partial charge in [-0.2, -0.15) is 0 Å². The number of morpholine rings is 1. The highest BCUT2D eigenvalue weighted by atomic mass is 35.5. The van der Waals surface area contributed by atoms with E-state index in [2.05, 4.69) is 16.0 Å². The normalized spacial score (nSPS) is 22.6. The predicted molar refractivity (Wildman–Crippen MR) is 79.9 cm³/mol. The number of ether oxygens (including phenoxy) is 1. The molecule has 118 valence electrons. The highest BCUT2D eigenvalue weighted by Crippen LogP contribution is 2.11. The van der Waals surface area contributed by atoms with Gasteiger partial charge in [0.05, 0.1) is 12.7 Å². The largest absolute Gasteiger partial charge is 0.375 e. The number of rotatable bonds is 4. The van der Waals surface area contributed by atoms with Gasteiger partial charge in [-0.25, -0.2) is 0 Å². The average Bonchev–Trinajstić information content (AvgIpc) is 2.33. The smallest absolute Gasteiger partial charge is 0.239 e. The molecule has 1 saturated heterocycles. The lowest BCUT2D eigenvalue weighted by Gasteiger charge is -2.29. The number of hydrogen-bond donors (Lipinski definition) is 3. The Labute approximate surface area is 126 Å². The van der Waals surface area contributed by atoms with E-state index < -0.39 is 5.41 Å². The van der Waals surface area contributed by atoms with Gasteiger partial charge in [0, 0.05) is 25.0 Å². The first-order valence-corrected chi connectivity index (χ1v) is 6.73. The first kappa shape index (κ1) is 19.1. The van der Waals surface area contributed by atoms with E-state index in [-0.39, 0.29) is 36.4 Å². The molecule has 0 aliphatic carbocycles. The Balaban J connectivity index is 0.00000361. The van der Waals surface area contributed by atoms with E-state index in [1.54, 1.807) is 0 Å². The van der Waals surface area contributed by atoms with Crippen molar-refractivity contribution in [3.8, 4) is 0 Å². The maximum absolute atomic E-state index is 11.9. The van der Waals surface area contributed by atoms with Crippen molar-refractivity contribution >= 4 is 24.2 Å². The van der Waals surface area contributed by atoms with Gasteiger partial charge in [0.1, 0.15) is 6.04 Å². The van der Waals surface area contributed by atoms with Crippen LogP contribution in [0, 0.1) is 5.41 Å². The van der Waals surface area contributed by atoms with E-state index in [0.29, 0.717) is 26.2 Å². The first-order valence-electron chi connectivity index (χ1n) is 6.73. The van der Waals surface area contributed by atoms with Crippen molar-refractivity contribution in [2.24, 2.45) is 5.41 Å². The Hall–Kier alpha value is -0.850. The molecular formula is C13H26ClN3O3. The van der Waals surface area contributed by atoms with Crippen LogP contribution < -0.4 is 16.0 Å². The second kappa shape index (κ2) is 8.44. The van der Waals surface area contributed by atoms with Crippen molar-refractivity contribution in [2.45, 2.75) is 39.8 Å². The molecule has 7 heteroatoms. The lowest BCUT2D eigenvalue weighted by molar-refractivity contribution is -0.130. The minimum atomic E-state index is -0.405. The van der Waals surface area contributed by atoms with Crippen LogP contribution in [-0.2, 0) is 14.3 Å². The fourth-order valence-corrected chi connectivity index (χ4v) is 1.76. The summed E-state index contributed by atoms with van der Waals surface area (Å²) in [6, 6.07) is -0.313. The molecule has 0 radical (unpaired) electrons. The Bertz CT molecular complexity index is 331. The Morgan fingerprint density at radius 3 is 2.40 bits per heavy atom. The second-order valence-electron chi connectivity index (χ2n) is 5.80. The van der Waals surface area contributed by atoms with Gasteiger partial charge in [-0.3, -0.25) is 9.59 Å². The van der Waals surface area contributed by atoms with Crippen LogP contribution >= 0.6 is 12.4 Å². The fourth-order valence-electron chi connectivity index (χ4n) is 1.76. The third-order valence-corrected chi connectivity index (χ3v) is 2.99. The zero-order valence-corrected chi connectivity index (χ0v) is 13.4. The molecule has 0 saturated carbocycles. The van der Waals surface area contributed by atoms with Crippen LogP contribution in [0.2, 0.25) is 0 Å². The van der Waals surface area contributed by atoms with Gasteiger partial charge in [-0.1, -0.05) is 20.8 Å². The SMILES string of the molecule is C[C@H]1OCCN[C@@H]1C(=O)NCCNC(=O)C(C)(C)C.Cl. The van der Waals surface area contributed by atoms with Crippen LogP contribution in [0.15, 0.2) is 0 Å². The molecule has 0 aromatic carbocycles. The fraction of sp³-hybridized carbons (Fsp3) is 0.846. The van der Waals surface area contributed by atoms with Crippen molar-refractivity contribution in [2.75, 3.05) is 26.2 Å². The summed E-state index contributed by atoms with van der Waals surface area (Å²) in [5.74, 6) is -0.105. The Kier molecular flexibility index (Phi) is 8.08. The second-order valence-corrected chi connectivity index (χ2v) is 5.80. The molecular weight excluding hydrogens is 282 g/mol. The van der Waals surface area contributed by atoms with E-state index in [4.69, 9.17) is 4.74 Å². The number of amides is 2. The summed E-state index contributed by atoms with van der Waals surface area (Å²) in [6.45, 7) is 9.60. The Morgan fingerprint density at radius 1 is 1.25 bits per heavy atom. The van der Waals surface area contributed by atoms with Gasteiger partial charge in [0.25, 0.3) is 0 Å². The molecule has 2 amide bonds. The molecule has 20 heavy (non-hydrogen) atoms. The zero-order valence-electron chi connectivity index (χ0n) is 12.6. The molecule has 6 nitrogen and oxygen atoms in total. The van der Waals surface area contributed by atoms with Crippen molar-refractivity contribution in [1.82, 2.24) is 16.0 Å². The van der Waals surface area contributed by atoms with Crippen molar-refractivity contribution < 1.29 is 14.3 Å². The molecule has 1 aliphatic rings. The molecule has 2 atom stereocenters. The van der Waals surface area contributed by atoms with E-state index in [1.807, 2.05) is 27.7 Å². The number of carbonyl (C=O) groups excluding carboxylic acids is 2. The summed E-state index contributed by atoms with van der Waals surface area (Å²) in [6.07, 6.45) is -0.127. The summed E-state index contributed by atoms with van der Waals surface area (Å²) in [7, 11) is 0. The minimum Gasteiger partial charge on any atom is -0.375 e. The molecule has 0 bridgehead atoms. The van der Waals surface area contributed by atoms with Crippen LogP contribution in [0.1, 0.15) is 27.7 Å². The van der Waals surface area contributed by atoms with Crippen molar-refractivity contribution in [3.63, 3.8) is 0 Å². The molecule has 0 aromatic heterocycles. The topological polar surface area (TPSA) is 79.5 Å². The molecule has 1 heterocycles. The van der Waals surface area contributed by atoms with E-state index >= 15 is 0 Å². The summed E-state index contributed by atoms with van der Waals surface area (Å²) < 4.78 is 5.41. The van der Waals surface area contributed by atoms with Gasteiger partial charge in [-0.05, 0) is 6.92 Å². The van der Waals surface area contributed by atoms with Gasteiger partial charge in [-0.15, -0.1) is 12.4 Å². The Morgan fingerprint density at radius 2 is 1.85 bits per heavy atom. The summed E-state index contributed by atoms with van der Waals surface area (Å²) >= 11 is 0. The molecule has 1 aliphatic heterocycles. The third-order valence-electron chi connectivity index (χ3n) is 2.99. The van der Waals surface area contributed by atoms with Crippen LogP contribution in [0.5, 0.6) is 0 Å². The van der Waals surface area contributed by atoms with E-state index in [9.17, 15) is 9.59 Å². The van der Waals surface area contributed by atoms with Crippen LogP contribution in [0.25, 0.3) is 0 Å². The minimum absolute atomic E-state index is 0. The number of nitrogens with one attached hydrogen (secondary N) is 3. The third kappa shape index (κ3) is 6.07. The molecule has 0 unspecified atom stereocenters. The standard InChI is InChI=1S/C13H25N3O3.ClH/c1-9-10(14-7-8-19-9)11(17)15-5-6-16-12(18)13(2,3)4;/h9-10,14H,5-8H2,1-4H3,(H,15,17)(H,16,18);1H/t9-,10+;/m1./s1. The lowest BCUT2D eigenvalue weighted by Crippen LogP contribution is -2.56. The predicted octanol–water partition coefficient (Wildman–Crippen LogP) is 0.0636. The van der Waals surface area contributed by atoms with Crippen LogP contribution in [0.4, 0.5) is 0 Å². The molecule has 0 aromatic rings. The molecule has 1 rings (SSSR count). The quantitative estimate of drug-likeness (QED) is 0.642. The highest BCUT2D eigenvalue weighted by Gasteiger charge is 2.28. The summed E-state index contributed by atoms with van der Waals surface area (Å²) in [4.78, 5) is 23.5. The summed E-state index contributed by atoms with van der Waals surface area (Å²) in [5, 5.41) is 8.70. The number of hydrogen-bond acceptors (Lipinski definition) is 4.